The lowest BCUT2D eigenvalue weighted by Crippen LogP contribution is -2.38. The van der Waals surface area contributed by atoms with E-state index in [0.717, 1.165) is 34.5 Å². The van der Waals surface area contributed by atoms with Crippen LogP contribution in [0.4, 0.5) is 0 Å². The van der Waals surface area contributed by atoms with Crippen LogP contribution >= 0.6 is 24.0 Å². The number of ether oxygens (including phenoxy) is 2. The monoisotopic (exact) mass is 474 g/mol. The highest BCUT2D eigenvalue weighted by atomic mass is 127. The summed E-state index contributed by atoms with van der Waals surface area (Å²) < 4.78 is 16.3. The van der Waals surface area contributed by atoms with E-state index in [2.05, 4.69) is 15.3 Å². The number of benzene rings is 1. The van der Waals surface area contributed by atoms with E-state index in [1.165, 1.54) is 0 Å². The van der Waals surface area contributed by atoms with Gasteiger partial charge in [-0.25, -0.2) is 4.98 Å². The summed E-state index contributed by atoms with van der Waals surface area (Å²) in [6.07, 6.45) is 0. The summed E-state index contributed by atoms with van der Waals surface area (Å²) in [6, 6.07) is 5.78. The van der Waals surface area contributed by atoms with Gasteiger partial charge in [-0.15, -0.1) is 24.0 Å². The number of rotatable bonds is 6. The zero-order valence-corrected chi connectivity index (χ0v) is 18.5. The predicted octanol–water partition coefficient (Wildman–Crippen LogP) is 3.13. The Morgan fingerprint density at radius 3 is 2.54 bits per heavy atom. The molecule has 0 atom stereocenters. The van der Waals surface area contributed by atoms with Gasteiger partial charge >= 0.3 is 0 Å². The average molecular weight is 474 g/mol. The van der Waals surface area contributed by atoms with Gasteiger partial charge in [0, 0.05) is 32.3 Å². The molecule has 1 aromatic carbocycles. The Morgan fingerprint density at radius 1 is 1.27 bits per heavy atom. The quantitative estimate of drug-likeness (QED) is 0.394. The molecular weight excluding hydrogens is 447 g/mol. The molecular formula is C18H27IN4O3. The van der Waals surface area contributed by atoms with Crippen LogP contribution in [0.25, 0.3) is 0 Å². The van der Waals surface area contributed by atoms with E-state index in [0.29, 0.717) is 19.0 Å². The zero-order chi connectivity index (χ0) is 18.4. The third-order valence-corrected chi connectivity index (χ3v) is 3.95. The molecule has 0 aliphatic carbocycles. The topological polar surface area (TPSA) is 72.1 Å². The fourth-order valence-corrected chi connectivity index (χ4v) is 2.47. The molecule has 2 rings (SSSR count). The molecule has 26 heavy (non-hydrogen) atoms. The number of nitrogens with zero attached hydrogens (tertiary/aromatic N) is 3. The lowest BCUT2D eigenvalue weighted by atomic mass is 10.2. The van der Waals surface area contributed by atoms with Gasteiger partial charge in [0.2, 0.25) is 5.89 Å². The number of methoxy groups -OCH3 is 2. The molecule has 0 unspecified atom stereocenters. The largest absolute Gasteiger partial charge is 0.497 e. The molecule has 0 radical (unpaired) electrons. The smallest absolute Gasteiger partial charge is 0.214 e. The first-order valence-electron chi connectivity index (χ1n) is 8.04. The minimum atomic E-state index is 0. The maximum atomic E-state index is 5.59. The van der Waals surface area contributed by atoms with E-state index in [1.807, 2.05) is 44.0 Å². The molecule has 0 aliphatic rings. The van der Waals surface area contributed by atoms with Crippen molar-refractivity contribution in [2.45, 2.75) is 26.9 Å². The molecule has 1 heterocycles. The van der Waals surface area contributed by atoms with Crippen LogP contribution in [0.1, 0.15) is 22.9 Å². The standard InChI is InChI=1S/C18H26N4O3.HI/c1-12-13(2)25-17(21-12)10-20-18(19-3)22(4)11-14-7-8-15(23-5)9-16(14)24-6;/h7-9H,10-11H2,1-6H3,(H,19,20);1H. The Morgan fingerprint density at radius 2 is 2.00 bits per heavy atom. The second-order valence-electron chi connectivity index (χ2n) is 5.68. The van der Waals surface area contributed by atoms with Gasteiger partial charge in [-0.2, -0.15) is 0 Å². The van der Waals surface area contributed by atoms with Crippen LogP contribution in [0.3, 0.4) is 0 Å². The average Bonchev–Trinajstić information content (AvgIpc) is 2.93. The minimum Gasteiger partial charge on any atom is -0.497 e. The Labute approximate surface area is 171 Å². The number of hydrogen-bond acceptors (Lipinski definition) is 5. The summed E-state index contributed by atoms with van der Waals surface area (Å²) in [4.78, 5) is 10.7. The Kier molecular flexibility index (Phi) is 8.70. The van der Waals surface area contributed by atoms with Crippen molar-refractivity contribution in [1.82, 2.24) is 15.2 Å². The van der Waals surface area contributed by atoms with Crippen molar-refractivity contribution in [3.63, 3.8) is 0 Å². The van der Waals surface area contributed by atoms with E-state index in [9.17, 15) is 0 Å². The number of aliphatic imine (C=N–C) groups is 1. The molecule has 144 valence electrons. The van der Waals surface area contributed by atoms with Crippen molar-refractivity contribution >= 4 is 29.9 Å². The third-order valence-electron chi connectivity index (χ3n) is 3.95. The highest BCUT2D eigenvalue weighted by molar-refractivity contribution is 14.0. The van der Waals surface area contributed by atoms with Crippen molar-refractivity contribution in [3.8, 4) is 11.5 Å². The second kappa shape index (κ2) is 10.2. The van der Waals surface area contributed by atoms with E-state index >= 15 is 0 Å². The van der Waals surface area contributed by atoms with Crippen LogP contribution in [0.2, 0.25) is 0 Å². The molecule has 0 fully saturated rings. The Bertz CT molecular complexity index is 727. The number of aryl methyl sites for hydroxylation is 2. The van der Waals surface area contributed by atoms with Crippen molar-refractivity contribution in [2.24, 2.45) is 4.99 Å². The first kappa shape index (κ1) is 22.1. The van der Waals surface area contributed by atoms with Gasteiger partial charge in [0.15, 0.2) is 5.96 Å². The maximum absolute atomic E-state index is 5.59. The zero-order valence-electron chi connectivity index (χ0n) is 16.1. The fourth-order valence-electron chi connectivity index (χ4n) is 2.47. The van der Waals surface area contributed by atoms with E-state index in [4.69, 9.17) is 13.9 Å². The van der Waals surface area contributed by atoms with Crippen molar-refractivity contribution < 1.29 is 13.9 Å². The first-order valence-corrected chi connectivity index (χ1v) is 8.04. The molecule has 0 saturated heterocycles. The number of guanidine groups is 1. The molecule has 0 spiro atoms. The van der Waals surface area contributed by atoms with Crippen LogP contribution in [-0.4, -0.2) is 44.2 Å². The van der Waals surface area contributed by atoms with Gasteiger partial charge < -0.3 is 24.1 Å². The Hall–Kier alpha value is -1.97. The highest BCUT2D eigenvalue weighted by Gasteiger charge is 2.12. The highest BCUT2D eigenvalue weighted by Crippen LogP contribution is 2.25. The molecule has 7 nitrogen and oxygen atoms in total. The minimum absolute atomic E-state index is 0. The van der Waals surface area contributed by atoms with Gasteiger partial charge in [0.1, 0.15) is 17.3 Å². The lowest BCUT2D eigenvalue weighted by Gasteiger charge is -2.22. The normalized spacial score (nSPS) is 10.9. The number of aromatic nitrogens is 1. The van der Waals surface area contributed by atoms with Gasteiger partial charge in [0.05, 0.1) is 26.5 Å². The molecule has 0 aliphatic heterocycles. The third kappa shape index (κ3) is 5.52. The van der Waals surface area contributed by atoms with E-state index < -0.39 is 0 Å². The lowest BCUT2D eigenvalue weighted by molar-refractivity contribution is 0.382. The van der Waals surface area contributed by atoms with E-state index in [-0.39, 0.29) is 24.0 Å². The number of nitrogens with one attached hydrogen (secondary N) is 1. The summed E-state index contributed by atoms with van der Waals surface area (Å²) >= 11 is 0. The van der Waals surface area contributed by atoms with Crippen LogP contribution in [0.5, 0.6) is 11.5 Å². The SMILES string of the molecule is CN=C(NCc1nc(C)c(C)o1)N(C)Cc1ccc(OC)cc1OC.I. The van der Waals surface area contributed by atoms with Crippen LogP contribution in [-0.2, 0) is 13.1 Å². The summed E-state index contributed by atoms with van der Waals surface area (Å²) in [5.41, 5.74) is 1.94. The van der Waals surface area contributed by atoms with Crippen molar-refractivity contribution in [3.05, 3.63) is 41.1 Å². The molecule has 0 amide bonds. The molecule has 1 N–H and O–H groups in total. The van der Waals surface area contributed by atoms with Crippen molar-refractivity contribution in [1.29, 1.82) is 0 Å². The van der Waals surface area contributed by atoms with Gasteiger partial charge in [-0.05, 0) is 26.0 Å². The summed E-state index contributed by atoms with van der Waals surface area (Å²) in [5, 5.41) is 3.26. The van der Waals surface area contributed by atoms with Gasteiger partial charge in [-0.1, -0.05) is 0 Å². The summed E-state index contributed by atoms with van der Waals surface area (Å²) in [6.45, 7) is 4.95. The van der Waals surface area contributed by atoms with Crippen LogP contribution in [0.15, 0.2) is 27.6 Å². The predicted molar refractivity (Wildman–Crippen MR) is 113 cm³/mol. The van der Waals surface area contributed by atoms with Gasteiger partial charge in [0.25, 0.3) is 0 Å². The summed E-state index contributed by atoms with van der Waals surface area (Å²) in [5.74, 6) is 3.77. The van der Waals surface area contributed by atoms with E-state index in [1.54, 1.807) is 21.3 Å². The molecule has 2 aromatic rings. The number of oxazole rings is 1. The first-order chi connectivity index (χ1) is 12.0. The number of hydrogen-bond donors (Lipinski definition) is 1. The van der Waals surface area contributed by atoms with Gasteiger partial charge in [-0.3, -0.25) is 4.99 Å². The fraction of sp³-hybridized carbons (Fsp3) is 0.444. The summed E-state index contributed by atoms with van der Waals surface area (Å²) in [7, 11) is 7.00. The van der Waals surface area contributed by atoms with Crippen LogP contribution < -0.4 is 14.8 Å². The Balaban J connectivity index is 0.00000338. The van der Waals surface area contributed by atoms with Crippen LogP contribution in [0, 0.1) is 13.8 Å². The second-order valence-corrected chi connectivity index (χ2v) is 5.68. The molecule has 1 aromatic heterocycles. The van der Waals surface area contributed by atoms with Crippen molar-refractivity contribution in [2.75, 3.05) is 28.3 Å². The maximum Gasteiger partial charge on any atom is 0.214 e. The molecule has 0 saturated carbocycles. The molecule has 8 heteroatoms. The molecule has 0 bridgehead atoms. The number of halogens is 1.